The summed E-state index contributed by atoms with van der Waals surface area (Å²) in [7, 11) is 1.81. The highest BCUT2D eigenvalue weighted by atomic mass is 32.2. The summed E-state index contributed by atoms with van der Waals surface area (Å²) in [6.07, 6.45) is 4.86. The van der Waals surface area contributed by atoms with Gasteiger partial charge in [-0.2, -0.15) is 0 Å². The molecule has 3 heterocycles. The minimum absolute atomic E-state index is 0.0365. The smallest absolute Gasteiger partial charge is 0.237 e. The summed E-state index contributed by atoms with van der Waals surface area (Å²) >= 11 is 3.11. The number of hydrogen-bond donors (Lipinski definition) is 0. The summed E-state index contributed by atoms with van der Waals surface area (Å²) in [5.41, 5.74) is 6.84. The van der Waals surface area contributed by atoms with E-state index in [0.717, 1.165) is 56.3 Å². The molecule has 1 aliphatic rings. The lowest BCUT2D eigenvalue weighted by Gasteiger charge is -2.16. The zero-order chi connectivity index (χ0) is 23.1. The number of amides is 1. The van der Waals surface area contributed by atoms with Crippen LogP contribution in [0, 0.1) is 0 Å². The number of rotatable bonds is 5. The molecule has 1 amide bonds. The maximum atomic E-state index is 12.8. The van der Waals surface area contributed by atoms with Gasteiger partial charge < -0.3 is 4.90 Å². The van der Waals surface area contributed by atoms with E-state index in [0.29, 0.717) is 5.75 Å². The molecular formula is C27H22N4OS2. The SMILES string of the molecule is CN(C(=O)CSc1ncnc2c1sc1nc(-c3ccccc3)c3c(c12)CCC3)c1ccccc1. The molecule has 34 heavy (non-hydrogen) atoms. The molecule has 0 unspecified atom stereocenters. The minimum atomic E-state index is 0.0365. The van der Waals surface area contributed by atoms with Gasteiger partial charge in [-0.15, -0.1) is 11.3 Å². The minimum Gasteiger partial charge on any atom is -0.315 e. The van der Waals surface area contributed by atoms with Crippen LogP contribution in [-0.4, -0.2) is 33.7 Å². The molecule has 0 fully saturated rings. The molecule has 0 spiro atoms. The Morgan fingerprint density at radius 2 is 1.74 bits per heavy atom. The number of carbonyl (C=O) groups is 1. The monoisotopic (exact) mass is 482 g/mol. The average molecular weight is 483 g/mol. The van der Waals surface area contributed by atoms with Crippen LogP contribution < -0.4 is 4.90 Å². The van der Waals surface area contributed by atoms with E-state index in [1.165, 1.54) is 28.3 Å². The number of para-hydroxylation sites is 1. The van der Waals surface area contributed by atoms with E-state index in [4.69, 9.17) is 4.98 Å². The Bertz CT molecular complexity index is 1520. The van der Waals surface area contributed by atoms with Crippen molar-refractivity contribution in [3.05, 3.63) is 78.1 Å². The van der Waals surface area contributed by atoms with Gasteiger partial charge in [0.05, 0.1) is 21.7 Å². The van der Waals surface area contributed by atoms with Crippen molar-refractivity contribution in [2.45, 2.75) is 24.3 Å². The Balaban J connectivity index is 1.38. The predicted molar refractivity (Wildman–Crippen MR) is 141 cm³/mol. The van der Waals surface area contributed by atoms with E-state index in [1.807, 2.05) is 43.4 Å². The predicted octanol–water partition coefficient (Wildman–Crippen LogP) is 6.15. The molecule has 0 N–H and O–H groups in total. The number of thiophene rings is 1. The number of aromatic nitrogens is 3. The van der Waals surface area contributed by atoms with E-state index in [2.05, 4.69) is 34.2 Å². The van der Waals surface area contributed by atoms with Crippen LogP contribution in [0.3, 0.4) is 0 Å². The molecular weight excluding hydrogens is 460 g/mol. The Kier molecular flexibility index (Phi) is 5.51. The fraction of sp³-hybridized carbons (Fsp3) is 0.185. The lowest BCUT2D eigenvalue weighted by Crippen LogP contribution is -2.27. The van der Waals surface area contributed by atoms with Crippen molar-refractivity contribution in [1.29, 1.82) is 0 Å². The van der Waals surface area contributed by atoms with Crippen molar-refractivity contribution in [1.82, 2.24) is 15.0 Å². The van der Waals surface area contributed by atoms with Gasteiger partial charge in [-0.3, -0.25) is 4.79 Å². The topological polar surface area (TPSA) is 59.0 Å². The molecule has 0 bridgehead atoms. The molecule has 0 atom stereocenters. The van der Waals surface area contributed by atoms with Gasteiger partial charge in [0.25, 0.3) is 0 Å². The second-order valence-electron chi connectivity index (χ2n) is 8.35. The van der Waals surface area contributed by atoms with Gasteiger partial charge in [0.2, 0.25) is 5.91 Å². The summed E-state index contributed by atoms with van der Waals surface area (Å²) in [6.45, 7) is 0. The molecule has 7 heteroatoms. The average Bonchev–Trinajstić information content (AvgIpc) is 3.52. The summed E-state index contributed by atoms with van der Waals surface area (Å²) in [4.78, 5) is 29.9. The fourth-order valence-electron chi connectivity index (χ4n) is 4.64. The number of fused-ring (bicyclic) bond motifs is 5. The highest BCUT2D eigenvalue weighted by Gasteiger charge is 2.25. The first kappa shape index (κ1) is 21.3. The second kappa shape index (κ2) is 8.81. The highest BCUT2D eigenvalue weighted by Crippen LogP contribution is 2.43. The first-order chi connectivity index (χ1) is 16.7. The van der Waals surface area contributed by atoms with Crippen molar-refractivity contribution < 1.29 is 4.79 Å². The van der Waals surface area contributed by atoms with E-state index in [9.17, 15) is 4.79 Å². The van der Waals surface area contributed by atoms with Crippen LogP contribution in [0.5, 0.6) is 0 Å². The zero-order valence-corrected chi connectivity index (χ0v) is 20.3. The van der Waals surface area contributed by atoms with Gasteiger partial charge in [-0.1, -0.05) is 60.3 Å². The van der Waals surface area contributed by atoms with Crippen LogP contribution in [0.25, 0.3) is 31.7 Å². The quantitative estimate of drug-likeness (QED) is 0.222. The maximum Gasteiger partial charge on any atom is 0.237 e. The Morgan fingerprint density at radius 1 is 1.00 bits per heavy atom. The van der Waals surface area contributed by atoms with Gasteiger partial charge >= 0.3 is 0 Å². The third-order valence-electron chi connectivity index (χ3n) is 6.34. The number of nitrogens with zero attached hydrogens (tertiary/aromatic N) is 4. The summed E-state index contributed by atoms with van der Waals surface area (Å²) in [6, 6.07) is 20.1. The summed E-state index contributed by atoms with van der Waals surface area (Å²) in [5.74, 6) is 0.349. The fourth-order valence-corrected chi connectivity index (χ4v) is 6.79. The molecule has 0 radical (unpaired) electrons. The second-order valence-corrected chi connectivity index (χ2v) is 10.3. The number of pyridine rings is 1. The van der Waals surface area contributed by atoms with Crippen molar-refractivity contribution in [3.63, 3.8) is 0 Å². The number of benzene rings is 2. The first-order valence-corrected chi connectivity index (χ1v) is 13.1. The van der Waals surface area contributed by atoms with E-state index >= 15 is 0 Å². The molecule has 6 rings (SSSR count). The molecule has 1 aliphatic carbocycles. The van der Waals surface area contributed by atoms with Crippen LogP contribution in [0.2, 0.25) is 0 Å². The van der Waals surface area contributed by atoms with Crippen LogP contribution in [0.15, 0.2) is 72.0 Å². The Labute approximate surface area is 205 Å². The van der Waals surface area contributed by atoms with Crippen LogP contribution in [0.1, 0.15) is 17.5 Å². The summed E-state index contributed by atoms with van der Waals surface area (Å²) < 4.78 is 1.02. The van der Waals surface area contributed by atoms with Gasteiger partial charge in [0.15, 0.2) is 0 Å². The number of aryl methyl sites for hydroxylation is 1. The molecule has 5 nitrogen and oxygen atoms in total. The van der Waals surface area contributed by atoms with Crippen LogP contribution >= 0.6 is 23.1 Å². The molecule has 0 saturated heterocycles. The van der Waals surface area contributed by atoms with Gasteiger partial charge in [-0.25, -0.2) is 15.0 Å². The molecule has 0 saturated carbocycles. The zero-order valence-electron chi connectivity index (χ0n) is 18.7. The lowest BCUT2D eigenvalue weighted by atomic mass is 10.0. The number of anilines is 1. The number of carbonyl (C=O) groups excluding carboxylic acids is 1. The van der Waals surface area contributed by atoms with Crippen molar-refractivity contribution in [2.75, 3.05) is 17.7 Å². The van der Waals surface area contributed by atoms with Crippen molar-refractivity contribution >= 4 is 55.1 Å². The number of hydrogen-bond acceptors (Lipinski definition) is 6. The lowest BCUT2D eigenvalue weighted by molar-refractivity contribution is -0.115. The van der Waals surface area contributed by atoms with Crippen molar-refractivity contribution in [2.24, 2.45) is 0 Å². The third kappa shape index (κ3) is 3.65. The molecule has 3 aromatic heterocycles. The van der Waals surface area contributed by atoms with E-state index in [-0.39, 0.29) is 5.91 Å². The Hall–Kier alpha value is -3.29. The van der Waals surface area contributed by atoms with E-state index < -0.39 is 0 Å². The molecule has 0 aliphatic heterocycles. The van der Waals surface area contributed by atoms with Gasteiger partial charge in [0.1, 0.15) is 16.2 Å². The number of thioether (sulfide) groups is 1. The maximum absolute atomic E-state index is 12.8. The standard InChI is InChI=1S/C27H22N4OS2/c1-31(18-11-6-3-7-12-18)21(32)15-33-27-25-24(28-16-29-27)22-19-13-8-14-20(19)23(30-26(22)34-25)17-9-4-2-5-10-17/h2-7,9-12,16H,8,13-15H2,1H3. The summed E-state index contributed by atoms with van der Waals surface area (Å²) in [5, 5.41) is 2.01. The third-order valence-corrected chi connectivity index (χ3v) is 8.52. The Morgan fingerprint density at radius 3 is 2.53 bits per heavy atom. The first-order valence-electron chi connectivity index (χ1n) is 11.3. The normalized spacial score (nSPS) is 12.9. The molecule has 168 valence electrons. The largest absolute Gasteiger partial charge is 0.315 e. The van der Waals surface area contributed by atoms with Crippen LogP contribution in [0.4, 0.5) is 5.69 Å². The molecule has 2 aromatic carbocycles. The van der Waals surface area contributed by atoms with Gasteiger partial charge in [0, 0.05) is 23.7 Å². The van der Waals surface area contributed by atoms with Crippen LogP contribution in [-0.2, 0) is 17.6 Å². The highest BCUT2D eigenvalue weighted by molar-refractivity contribution is 8.00. The molecule has 5 aromatic rings. The van der Waals surface area contributed by atoms with Crippen molar-refractivity contribution in [3.8, 4) is 11.3 Å². The van der Waals surface area contributed by atoms with E-state index in [1.54, 1.807) is 22.6 Å². The van der Waals surface area contributed by atoms with Gasteiger partial charge in [-0.05, 0) is 42.5 Å².